The zero-order valence-corrected chi connectivity index (χ0v) is 12.0. The third-order valence-corrected chi connectivity index (χ3v) is 5.81. The molecule has 1 aromatic rings. The number of halogens is 2. The molecule has 3 unspecified atom stereocenters. The van der Waals surface area contributed by atoms with Gasteiger partial charge < -0.3 is 5.73 Å². The third-order valence-electron chi connectivity index (χ3n) is 5.10. The van der Waals surface area contributed by atoms with Gasteiger partial charge in [0, 0.05) is 10.0 Å². The summed E-state index contributed by atoms with van der Waals surface area (Å²) in [6.07, 6.45) is 6.30. The van der Waals surface area contributed by atoms with E-state index >= 15 is 0 Å². The lowest BCUT2D eigenvalue weighted by Crippen LogP contribution is -2.38. The highest BCUT2D eigenvalue weighted by atomic mass is 35.5. The summed E-state index contributed by atoms with van der Waals surface area (Å²) in [7, 11) is 0. The van der Waals surface area contributed by atoms with Crippen molar-refractivity contribution in [2.24, 2.45) is 23.0 Å². The maximum absolute atomic E-state index is 6.30. The molecule has 98 valence electrons. The Morgan fingerprint density at radius 1 is 1.22 bits per heavy atom. The summed E-state index contributed by atoms with van der Waals surface area (Å²) in [6, 6.07) is 5.77. The first-order valence-corrected chi connectivity index (χ1v) is 7.53. The fourth-order valence-electron chi connectivity index (χ4n) is 4.15. The van der Waals surface area contributed by atoms with E-state index < -0.39 is 0 Å². The predicted octanol–water partition coefficient (Wildman–Crippen LogP) is 4.30. The number of hydrogen-bond acceptors (Lipinski definition) is 1. The van der Waals surface area contributed by atoms with Crippen LogP contribution in [0.25, 0.3) is 0 Å². The Hall–Kier alpha value is -0.240. The van der Waals surface area contributed by atoms with Crippen LogP contribution >= 0.6 is 23.2 Å². The first-order chi connectivity index (χ1) is 8.64. The normalized spacial score (nSPS) is 34.2. The molecular weight excluding hydrogens is 265 g/mol. The molecule has 2 N–H and O–H groups in total. The molecule has 0 amide bonds. The van der Waals surface area contributed by atoms with Gasteiger partial charge in [0.1, 0.15) is 0 Å². The fourth-order valence-corrected chi connectivity index (χ4v) is 4.68. The monoisotopic (exact) mass is 283 g/mol. The smallest absolute Gasteiger partial charge is 0.0453 e. The molecule has 1 aromatic carbocycles. The van der Waals surface area contributed by atoms with Gasteiger partial charge in [-0.25, -0.2) is 0 Å². The van der Waals surface area contributed by atoms with Gasteiger partial charge in [-0.2, -0.15) is 0 Å². The summed E-state index contributed by atoms with van der Waals surface area (Å²) in [5.74, 6) is 1.67. The molecule has 2 saturated carbocycles. The zero-order chi connectivity index (χ0) is 12.8. The predicted molar refractivity (Wildman–Crippen MR) is 77.1 cm³/mol. The van der Waals surface area contributed by atoms with E-state index in [1.165, 1.54) is 25.7 Å². The lowest BCUT2D eigenvalue weighted by molar-refractivity contribution is 0.172. The molecule has 2 aliphatic rings. The third kappa shape index (κ3) is 1.97. The molecule has 0 heterocycles. The van der Waals surface area contributed by atoms with Crippen molar-refractivity contribution in [1.29, 1.82) is 0 Å². The highest BCUT2D eigenvalue weighted by Gasteiger charge is 2.50. The van der Waals surface area contributed by atoms with Crippen LogP contribution in [0.3, 0.4) is 0 Å². The minimum atomic E-state index is 0.248. The van der Waals surface area contributed by atoms with E-state index in [1.54, 1.807) is 0 Å². The molecule has 18 heavy (non-hydrogen) atoms. The number of hydrogen-bond donors (Lipinski definition) is 1. The summed E-state index contributed by atoms with van der Waals surface area (Å²) < 4.78 is 0. The van der Waals surface area contributed by atoms with Gasteiger partial charge in [0.2, 0.25) is 0 Å². The van der Waals surface area contributed by atoms with Crippen molar-refractivity contribution < 1.29 is 0 Å². The van der Waals surface area contributed by atoms with Gasteiger partial charge in [0.25, 0.3) is 0 Å². The van der Waals surface area contributed by atoms with Crippen molar-refractivity contribution in [3.05, 3.63) is 33.8 Å². The number of rotatable bonds is 3. The zero-order valence-electron chi connectivity index (χ0n) is 10.5. The molecule has 3 atom stereocenters. The van der Waals surface area contributed by atoms with Crippen LogP contribution in [0.4, 0.5) is 0 Å². The molecule has 0 radical (unpaired) electrons. The Balaban J connectivity index is 1.91. The Bertz CT molecular complexity index is 440. The summed E-state index contributed by atoms with van der Waals surface area (Å²) in [5.41, 5.74) is 7.46. The van der Waals surface area contributed by atoms with Crippen LogP contribution in [0.2, 0.25) is 10.0 Å². The fraction of sp³-hybridized carbons (Fsp3) is 0.600. The van der Waals surface area contributed by atoms with Gasteiger partial charge in [0.15, 0.2) is 0 Å². The van der Waals surface area contributed by atoms with E-state index in [2.05, 4.69) is 0 Å². The summed E-state index contributed by atoms with van der Waals surface area (Å²) in [4.78, 5) is 0. The first kappa shape index (κ1) is 12.8. The molecule has 0 aliphatic heterocycles. The van der Waals surface area contributed by atoms with E-state index in [4.69, 9.17) is 28.9 Å². The summed E-state index contributed by atoms with van der Waals surface area (Å²) in [5, 5.41) is 1.58. The first-order valence-electron chi connectivity index (χ1n) is 6.77. The maximum atomic E-state index is 6.30. The van der Waals surface area contributed by atoms with Gasteiger partial charge >= 0.3 is 0 Å². The number of fused-ring (bicyclic) bond motifs is 2. The van der Waals surface area contributed by atoms with Crippen molar-refractivity contribution in [2.75, 3.05) is 6.54 Å². The molecule has 2 fully saturated rings. The average Bonchev–Trinajstić information content (AvgIpc) is 2.95. The number of nitrogens with two attached hydrogens (primary N) is 1. The Labute approximate surface area is 119 Å². The van der Waals surface area contributed by atoms with Crippen LogP contribution in [0.1, 0.15) is 31.2 Å². The lowest BCUT2D eigenvalue weighted by Gasteiger charge is -2.37. The van der Waals surface area contributed by atoms with Crippen LogP contribution in [-0.2, 0) is 6.42 Å². The Kier molecular flexibility index (Phi) is 3.34. The molecule has 0 saturated heterocycles. The molecule has 3 rings (SSSR count). The van der Waals surface area contributed by atoms with E-state index in [9.17, 15) is 0 Å². The molecular formula is C15H19Cl2N. The van der Waals surface area contributed by atoms with Crippen LogP contribution in [-0.4, -0.2) is 6.54 Å². The Morgan fingerprint density at radius 2 is 1.94 bits per heavy atom. The van der Waals surface area contributed by atoms with Crippen LogP contribution in [0.15, 0.2) is 18.2 Å². The second kappa shape index (κ2) is 4.70. The molecule has 3 heteroatoms. The minimum Gasteiger partial charge on any atom is -0.330 e. The van der Waals surface area contributed by atoms with Gasteiger partial charge in [-0.3, -0.25) is 0 Å². The van der Waals surface area contributed by atoms with E-state index in [-0.39, 0.29) is 5.41 Å². The summed E-state index contributed by atoms with van der Waals surface area (Å²) in [6.45, 7) is 0.760. The minimum absolute atomic E-state index is 0.248. The lowest BCUT2D eigenvalue weighted by atomic mass is 9.69. The van der Waals surface area contributed by atoms with Crippen molar-refractivity contribution in [3.63, 3.8) is 0 Å². The molecule has 1 nitrogen and oxygen atoms in total. The molecule has 0 aromatic heterocycles. The molecule has 2 aliphatic carbocycles. The van der Waals surface area contributed by atoms with E-state index in [0.29, 0.717) is 0 Å². The van der Waals surface area contributed by atoms with Crippen molar-refractivity contribution >= 4 is 23.2 Å². The topological polar surface area (TPSA) is 26.0 Å². The van der Waals surface area contributed by atoms with Gasteiger partial charge in [-0.1, -0.05) is 35.7 Å². The van der Waals surface area contributed by atoms with Gasteiger partial charge in [-0.05, 0) is 67.2 Å². The molecule has 2 bridgehead atoms. The largest absolute Gasteiger partial charge is 0.330 e. The van der Waals surface area contributed by atoms with Crippen molar-refractivity contribution in [2.45, 2.75) is 32.1 Å². The second-order valence-electron chi connectivity index (χ2n) is 6.02. The van der Waals surface area contributed by atoms with Gasteiger partial charge in [0.05, 0.1) is 0 Å². The van der Waals surface area contributed by atoms with Crippen LogP contribution < -0.4 is 5.73 Å². The van der Waals surface area contributed by atoms with Crippen LogP contribution in [0.5, 0.6) is 0 Å². The van der Waals surface area contributed by atoms with Gasteiger partial charge in [-0.15, -0.1) is 0 Å². The van der Waals surface area contributed by atoms with Crippen molar-refractivity contribution in [1.82, 2.24) is 0 Å². The quantitative estimate of drug-likeness (QED) is 0.879. The van der Waals surface area contributed by atoms with E-state index in [0.717, 1.165) is 40.4 Å². The number of benzene rings is 1. The SMILES string of the molecule is NCC1(Cc2c(Cl)cccc2Cl)CC2CCC1C2. The second-order valence-corrected chi connectivity index (χ2v) is 6.84. The highest BCUT2D eigenvalue weighted by Crippen LogP contribution is 2.57. The van der Waals surface area contributed by atoms with Crippen molar-refractivity contribution in [3.8, 4) is 0 Å². The highest BCUT2D eigenvalue weighted by molar-refractivity contribution is 6.36. The maximum Gasteiger partial charge on any atom is 0.0453 e. The van der Waals surface area contributed by atoms with Crippen LogP contribution in [0, 0.1) is 17.3 Å². The molecule has 0 spiro atoms. The standard InChI is InChI=1S/C15H19Cl2N/c16-13-2-1-3-14(17)12(13)8-15(9-18)7-10-4-5-11(15)6-10/h1-3,10-11H,4-9,18H2. The average molecular weight is 284 g/mol. The van der Waals surface area contributed by atoms with E-state index in [1.807, 2.05) is 18.2 Å². The Morgan fingerprint density at radius 3 is 2.44 bits per heavy atom. The summed E-state index contributed by atoms with van der Waals surface area (Å²) >= 11 is 12.6.